The van der Waals surface area contributed by atoms with Crippen LogP contribution in [-0.2, 0) is 0 Å². The molecule has 0 amide bonds. The monoisotopic (exact) mass is 486 g/mol. The van der Waals surface area contributed by atoms with E-state index in [2.05, 4.69) is 126 Å². The average Bonchev–Trinajstić information content (AvgIpc) is 3.36. The van der Waals surface area contributed by atoms with Crippen LogP contribution in [0.4, 0.5) is 0 Å². The maximum absolute atomic E-state index is 2.73. The van der Waals surface area contributed by atoms with Crippen LogP contribution < -0.4 is 0 Å². The van der Waals surface area contributed by atoms with Crippen LogP contribution in [0.2, 0.25) is 11.1 Å². The van der Waals surface area contributed by atoms with E-state index in [4.69, 9.17) is 0 Å². The number of hydrogen-bond acceptors (Lipinski definition) is 2. The van der Waals surface area contributed by atoms with Gasteiger partial charge in [-0.2, -0.15) is 0 Å². The van der Waals surface area contributed by atoms with Gasteiger partial charge in [0.1, 0.15) is 0 Å². The van der Waals surface area contributed by atoms with Gasteiger partial charge in [0.05, 0.1) is 8.07 Å². The van der Waals surface area contributed by atoms with Gasteiger partial charge < -0.3 is 9.80 Å². The molecule has 0 unspecified atom stereocenters. The van der Waals surface area contributed by atoms with Crippen LogP contribution in [0.5, 0.6) is 0 Å². The van der Waals surface area contributed by atoms with E-state index in [9.17, 15) is 0 Å². The first kappa shape index (κ1) is 26.1. The van der Waals surface area contributed by atoms with Crippen molar-refractivity contribution in [1.82, 2.24) is 9.80 Å². The van der Waals surface area contributed by atoms with Crippen LogP contribution in [0.15, 0.2) is 60.7 Å². The maximum atomic E-state index is 2.73. The molecule has 0 aromatic heterocycles. The van der Waals surface area contributed by atoms with Crippen molar-refractivity contribution in [2.45, 2.75) is 62.7 Å². The fourth-order valence-corrected chi connectivity index (χ4v) is 14.3. The molecule has 0 bridgehead atoms. The van der Waals surface area contributed by atoms with E-state index < -0.39 is 8.07 Å². The van der Waals surface area contributed by atoms with Gasteiger partial charge in [-0.1, -0.05) is 88.4 Å². The van der Waals surface area contributed by atoms with Crippen LogP contribution >= 0.6 is 0 Å². The quantitative estimate of drug-likeness (QED) is 0.319. The van der Waals surface area contributed by atoms with Crippen molar-refractivity contribution in [3.8, 4) is 0 Å². The van der Waals surface area contributed by atoms with E-state index in [1.54, 1.807) is 22.3 Å². The lowest BCUT2D eigenvalue weighted by atomic mass is 10.0. The Morgan fingerprint density at radius 3 is 1.34 bits per heavy atom. The Bertz CT molecular complexity index is 1000. The Hall–Kier alpha value is -1.94. The second-order valence-corrected chi connectivity index (χ2v) is 17.5. The van der Waals surface area contributed by atoms with Gasteiger partial charge >= 0.3 is 0 Å². The third-order valence-electron chi connectivity index (χ3n) is 8.75. The van der Waals surface area contributed by atoms with Crippen LogP contribution in [0.3, 0.4) is 0 Å². The normalized spacial score (nSPS) is 19.5. The van der Waals surface area contributed by atoms with Crippen LogP contribution in [-0.4, -0.2) is 59.2 Å². The summed E-state index contributed by atoms with van der Waals surface area (Å²) >= 11 is 0. The molecule has 35 heavy (non-hydrogen) atoms. The molecule has 0 saturated carbocycles. The predicted octanol–water partition coefficient (Wildman–Crippen LogP) is 7.60. The molecule has 0 spiro atoms. The topological polar surface area (TPSA) is 6.48 Å². The first-order valence-electron chi connectivity index (χ1n) is 13.6. The Morgan fingerprint density at radius 1 is 0.629 bits per heavy atom. The highest BCUT2D eigenvalue weighted by Crippen LogP contribution is 2.59. The summed E-state index contributed by atoms with van der Waals surface area (Å²) in [4.78, 5) is 4.64. The van der Waals surface area contributed by atoms with Gasteiger partial charge in [-0.05, 0) is 96.6 Å². The maximum Gasteiger partial charge on any atom is 0.0824 e. The lowest BCUT2D eigenvalue weighted by Crippen LogP contribution is -2.52. The summed E-state index contributed by atoms with van der Waals surface area (Å²) in [7, 11) is 6.80. The second kappa shape index (κ2) is 10.6. The van der Waals surface area contributed by atoms with E-state index in [0.717, 1.165) is 25.9 Å². The number of fused-ring (bicyclic) bond motifs is 2. The molecule has 0 N–H and O–H groups in total. The molecule has 2 aliphatic rings. The molecular formula is C32H46N2Si. The molecule has 2 aliphatic carbocycles. The molecule has 2 aromatic rings. The van der Waals surface area contributed by atoms with Crippen LogP contribution in [0, 0.1) is 0 Å². The molecule has 0 aliphatic heterocycles. The van der Waals surface area contributed by atoms with Crippen molar-refractivity contribution in [3.05, 3.63) is 82.9 Å². The summed E-state index contributed by atoms with van der Waals surface area (Å²) in [6, 6.07) is 18.7. The molecule has 2 nitrogen and oxygen atoms in total. The predicted molar refractivity (Wildman–Crippen MR) is 157 cm³/mol. The Balaban J connectivity index is 1.88. The summed E-state index contributed by atoms with van der Waals surface area (Å²) in [6.07, 6.45) is 7.72. The molecular weight excluding hydrogens is 440 g/mol. The minimum absolute atomic E-state index is 0.554. The van der Waals surface area contributed by atoms with Crippen LogP contribution in [0.25, 0.3) is 11.1 Å². The number of nitrogens with zero attached hydrogens (tertiary/aromatic N) is 2. The summed E-state index contributed by atoms with van der Waals surface area (Å²) in [5.41, 5.74) is 11.8. The number of allylic oxidation sites excluding steroid dienone is 2. The fourth-order valence-electron chi connectivity index (χ4n) is 7.13. The highest BCUT2D eigenvalue weighted by Gasteiger charge is 2.54. The Morgan fingerprint density at radius 2 is 1.00 bits per heavy atom. The molecule has 0 radical (unpaired) electrons. The van der Waals surface area contributed by atoms with Gasteiger partial charge in [0.15, 0.2) is 0 Å². The highest BCUT2D eigenvalue weighted by atomic mass is 28.3. The van der Waals surface area contributed by atoms with Gasteiger partial charge in [-0.25, -0.2) is 0 Å². The van der Waals surface area contributed by atoms with Crippen molar-refractivity contribution in [3.63, 3.8) is 0 Å². The van der Waals surface area contributed by atoms with Gasteiger partial charge in [0.2, 0.25) is 0 Å². The molecule has 0 fully saturated rings. The van der Waals surface area contributed by atoms with Crippen molar-refractivity contribution < 1.29 is 0 Å². The summed E-state index contributed by atoms with van der Waals surface area (Å²) in [5.74, 6) is 0. The first-order chi connectivity index (χ1) is 16.7. The smallest absolute Gasteiger partial charge is 0.0824 e. The van der Waals surface area contributed by atoms with E-state index in [1.165, 1.54) is 11.1 Å². The zero-order valence-corrected chi connectivity index (χ0v) is 24.3. The van der Waals surface area contributed by atoms with E-state index in [-0.39, 0.29) is 0 Å². The molecule has 2 aromatic carbocycles. The number of hydrogen-bond donors (Lipinski definition) is 0. The number of benzene rings is 2. The number of rotatable bonds is 10. The van der Waals surface area contributed by atoms with Crippen LogP contribution in [0.1, 0.15) is 73.9 Å². The van der Waals surface area contributed by atoms with Gasteiger partial charge in [0, 0.05) is 13.1 Å². The summed E-state index contributed by atoms with van der Waals surface area (Å²) in [6.45, 7) is 12.4. The third kappa shape index (κ3) is 4.75. The van der Waals surface area contributed by atoms with Crippen molar-refractivity contribution in [2.24, 2.45) is 0 Å². The molecule has 4 rings (SSSR count). The summed E-state index contributed by atoms with van der Waals surface area (Å²) in [5, 5.41) is 0. The minimum atomic E-state index is -1.96. The average molecular weight is 487 g/mol. The molecule has 3 heteroatoms. The highest BCUT2D eigenvalue weighted by molar-refractivity contribution is 6.86. The zero-order valence-electron chi connectivity index (χ0n) is 23.3. The molecule has 2 atom stereocenters. The van der Waals surface area contributed by atoms with E-state index in [1.807, 2.05) is 0 Å². The van der Waals surface area contributed by atoms with E-state index >= 15 is 0 Å². The molecule has 0 heterocycles. The van der Waals surface area contributed by atoms with Gasteiger partial charge in [-0.3, -0.25) is 0 Å². The molecule has 0 saturated heterocycles. The first-order valence-corrected chi connectivity index (χ1v) is 15.9. The van der Waals surface area contributed by atoms with Crippen molar-refractivity contribution in [2.75, 3.05) is 41.3 Å². The van der Waals surface area contributed by atoms with Crippen molar-refractivity contribution in [1.29, 1.82) is 0 Å². The largest absolute Gasteiger partial charge is 0.309 e. The minimum Gasteiger partial charge on any atom is -0.309 e. The summed E-state index contributed by atoms with van der Waals surface area (Å²) < 4.78 is 0. The SMILES string of the molecule is CC(C)[Si](C(C)C)([C@@H]1C=C(CCN(C)C)c2ccccc21)[C@@H]1C=C(CCN(C)C)c2ccccc21. The van der Waals surface area contributed by atoms with Crippen molar-refractivity contribution >= 4 is 19.2 Å². The standard InChI is InChI=1S/C32H46N2Si/c1-23(2)35(24(3)4,31-21-25(17-19-33(5)6)27-13-9-11-15-29(27)31)32-22-26(18-20-34(7)8)28-14-10-12-16-30(28)32/h9-16,21-24,31-32H,17-20H2,1-8H3/t31-,32-/m1/s1. The Labute approximate surface area is 215 Å². The van der Waals surface area contributed by atoms with Gasteiger partial charge in [-0.15, -0.1) is 0 Å². The zero-order chi connectivity index (χ0) is 25.3. The lowest BCUT2D eigenvalue weighted by Gasteiger charge is -2.48. The Kier molecular flexibility index (Phi) is 7.90. The second-order valence-electron chi connectivity index (χ2n) is 11.9. The molecule has 188 valence electrons. The lowest BCUT2D eigenvalue weighted by molar-refractivity contribution is 0.419. The third-order valence-corrected chi connectivity index (χ3v) is 15.9. The fraction of sp³-hybridized carbons (Fsp3) is 0.500. The van der Waals surface area contributed by atoms with E-state index in [0.29, 0.717) is 22.2 Å². The van der Waals surface area contributed by atoms with Gasteiger partial charge in [0.25, 0.3) is 0 Å².